The molecule has 0 heteroatoms. The van der Waals surface area contributed by atoms with Crippen molar-refractivity contribution in [2.45, 2.75) is 78.6 Å². The van der Waals surface area contributed by atoms with Gasteiger partial charge in [0.2, 0.25) is 0 Å². The number of hydrogen-bond acceptors (Lipinski definition) is 0. The van der Waals surface area contributed by atoms with Crippen LogP contribution in [0.5, 0.6) is 0 Å². The molecule has 2 aliphatic rings. The summed E-state index contributed by atoms with van der Waals surface area (Å²) >= 11 is 0. The fourth-order valence-corrected chi connectivity index (χ4v) is 3.86. The van der Waals surface area contributed by atoms with Crippen molar-refractivity contribution in [1.29, 1.82) is 0 Å². The Hall–Kier alpha value is -0.260. The third kappa shape index (κ3) is 3.44. The van der Waals surface area contributed by atoms with Gasteiger partial charge in [0.25, 0.3) is 0 Å². The van der Waals surface area contributed by atoms with Crippen molar-refractivity contribution in [3.8, 4) is 0 Å². The lowest BCUT2D eigenvalue weighted by molar-refractivity contribution is 0.318. The third-order valence-corrected chi connectivity index (χ3v) is 5.72. The first-order valence-electron chi connectivity index (χ1n) is 8.40. The standard InChI is InChI=1S/C19H32/c1-5-19(4,17-10-7-11-17)18-13-12-15(2)8-6-9-16(3)14-18/h10,15-16H,1,5-9,11-14H2,2-4H3. The molecule has 0 heterocycles. The molecule has 0 aromatic carbocycles. The molecule has 2 rings (SSSR count). The van der Waals surface area contributed by atoms with E-state index in [0.717, 1.165) is 18.3 Å². The zero-order chi connectivity index (χ0) is 13.9. The van der Waals surface area contributed by atoms with Crippen LogP contribution >= 0.6 is 0 Å². The Morgan fingerprint density at radius 3 is 2.42 bits per heavy atom. The largest absolute Gasteiger partial charge is 0.0844 e. The fraction of sp³-hybridized carbons (Fsp3) is 0.789. The lowest BCUT2D eigenvalue weighted by Crippen LogP contribution is -2.31. The molecule has 108 valence electrons. The summed E-state index contributed by atoms with van der Waals surface area (Å²) in [5.41, 5.74) is 2.01. The van der Waals surface area contributed by atoms with E-state index in [1.54, 1.807) is 5.57 Å². The first kappa shape index (κ1) is 15.1. The Balaban J connectivity index is 2.13. The number of rotatable bonds is 3. The number of allylic oxidation sites excluding steroid dienone is 2. The summed E-state index contributed by atoms with van der Waals surface area (Å²) in [5, 5.41) is 0. The van der Waals surface area contributed by atoms with E-state index in [0.29, 0.717) is 5.41 Å². The molecule has 0 bridgehead atoms. The molecule has 19 heavy (non-hydrogen) atoms. The Labute approximate surface area is 121 Å². The highest BCUT2D eigenvalue weighted by Crippen LogP contribution is 2.51. The lowest BCUT2D eigenvalue weighted by Gasteiger charge is -2.43. The maximum Gasteiger partial charge on any atom is -0.00542 e. The van der Waals surface area contributed by atoms with Crippen LogP contribution in [0.25, 0.3) is 0 Å². The van der Waals surface area contributed by atoms with Gasteiger partial charge in [-0.15, -0.1) is 0 Å². The summed E-state index contributed by atoms with van der Waals surface area (Å²) in [5.74, 6) is 3.59. The van der Waals surface area contributed by atoms with E-state index in [1.807, 2.05) is 5.92 Å². The van der Waals surface area contributed by atoms with Gasteiger partial charge in [-0.25, -0.2) is 0 Å². The van der Waals surface area contributed by atoms with Crippen molar-refractivity contribution < 1.29 is 0 Å². The van der Waals surface area contributed by atoms with Crippen LogP contribution in [0.3, 0.4) is 0 Å². The van der Waals surface area contributed by atoms with Crippen molar-refractivity contribution in [3.63, 3.8) is 0 Å². The summed E-state index contributed by atoms with van der Waals surface area (Å²) in [7, 11) is 0. The average Bonchev–Trinajstić information content (AvgIpc) is 2.38. The molecule has 1 saturated carbocycles. The molecule has 0 saturated heterocycles. The van der Waals surface area contributed by atoms with E-state index in [2.05, 4.69) is 33.8 Å². The van der Waals surface area contributed by atoms with Crippen molar-refractivity contribution in [3.05, 3.63) is 24.5 Å². The van der Waals surface area contributed by atoms with Crippen LogP contribution in [0, 0.1) is 30.1 Å². The van der Waals surface area contributed by atoms with Gasteiger partial charge in [0, 0.05) is 0 Å². The Morgan fingerprint density at radius 1 is 1.16 bits per heavy atom. The predicted octanol–water partition coefficient (Wildman–Crippen LogP) is 6.14. The molecular weight excluding hydrogens is 228 g/mol. The molecule has 0 nitrogen and oxygen atoms in total. The van der Waals surface area contributed by atoms with E-state index in [1.165, 1.54) is 51.4 Å². The number of hydrogen-bond donors (Lipinski definition) is 0. The summed E-state index contributed by atoms with van der Waals surface area (Å²) < 4.78 is 0. The van der Waals surface area contributed by atoms with Crippen molar-refractivity contribution in [1.82, 2.24) is 0 Å². The molecule has 3 unspecified atom stereocenters. The monoisotopic (exact) mass is 260 g/mol. The molecule has 2 aliphatic carbocycles. The Kier molecular flexibility index (Phi) is 5.15. The van der Waals surface area contributed by atoms with Crippen LogP contribution in [-0.4, -0.2) is 0 Å². The summed E-state index contributed by atoms with van der Waals surface area (Å²) in [6.07, 6.45) is 14.5. The normalized spacial score (nSPS) is 33.4. The Bertz CT molecular complexity index is 314. The minimum atomic E-state index is 0.316. The zero-order valence-corrected chi connectivity index (χ0v) is 13.3. The predicted molar refractivity (Wildman–Crippen MR) is 84.7 cm³/mol. The maximum atomic E-state index is 4.30. The highest BCUT2D eigenvalue weighted by Gasteiger charge is 2.38. The van der Waals surface area contributed by atoms with E-state index in [-0.39, 0.29) is 0 Å². The zero-order valence-electron chi connectivity index (χ0n) is 13.3. The van der Waals surface area contributed by atoms with Gasteiger partial charge in [-0.05, 0) is 55.3 Å². The van der Waals surface area contributed by atoms with Gasteiger partial charge in [0.15, 0.2) is 0 Å². The molecule has 0 amide bonds. The van der Waals surface area contributed by atoms with Crippen molar-refractivity contribution >= 4 is 0 Å². The van der Waals surface area contributed by atoms with E-state index < -0.39 is 0 Å². The van der Waals surface area contributed by atoms with Gasteiger partial charge in [0.1, 0.15) is 0 Å². The summed E-state index contributed by atoms with van der Waals surface area (Å²) in [6, 6.07) is 0. The summed E-state index contributed by atoms with van der Waals surface area (Å²) in [6.45, 7) is 11.7. The minimum absolute atomic E-state index is 0.316. The maximum absolute atomic E-state index is 4.30. The second-order valence-corrected chi connectivity index (χ2v) is 7.34. The SMILES string of the molecule is [CH2]CC(C)([C]1CCC(C)CCCC(C)C1)C1=CCC1. The van der Waals surface area contributed by atoms with E-state index in [4.69, 9.17) is 0 Å². The topological polar surface area (TPSA) is 0 Å². The van der Waals surface area contributed by atoms with Crippen LogP contribution in [0.1, 0.15) is 78.6 Å². The fourth-order valence-electron chi connectivity index (χ4n) is 3.86. The molecule has 3 atom stereocenters. The smallest absolute Gasteiger partial charge is 0.00542 e. The minimum Gasteiger partial charge on any atom is -0.0844 e. The van der Waals surface area contributed by atoms with Gasteiger partial charge < -0.3 is 0 Å². The molecule has 0 N–H and O–H groups in total. The molecule has 1 fully saturated rings. The molecular formula is C19H32. The molecule has 0 aromatic heterocycles. The van der Waals surface area contributed by atoms with Crippen LogP contribution < -0.4 is 0 Å². The lowest BCUT2D eigenvalue weighted by atomic mass is 9.62. The third-order valence-electron chi connectivity index (χ3n) is 5.72. The van der Waals surface area contributed by atoms with Crippen molar-refractivity contribution in [2.75, 3.05) is 0 Å². The average molecular weight is 260 g/mol. The van der Waals surface area contributed by atoms with Gasteiger partial charge >= 0.3 is 0 Å². The second kappa shape index (κ2) is 6.46. The van der Waals surface area contributed by atoms with Crippen LogP contribution in [-0.2, 0) is 0 Å². The van der Waals surface area contributed by atoms with Crippen LogP contribution in [0.4, 0.5) is 0 Å². The van der Waals surface area contributed by atoms with Crippen molar-refractivity contribution in [2.24, 2.45) is 17.3 Å². The van der Waals surface area contributed by atoms with Gasteiger partial charge in [0.05, 0.1) is 0 Å². The van der Waals surface area contributed by atoms with Crippen LogP contribution in [0.2, 0.25) is 0 Å². The second-order valence-electron chi connectivity index (χ2n) is 7.34. The summed E-state index contributed by atoms with van der Waals surface area (Å²) in [4.78, 5) is 0. The van der Waals surface area contributed by atoms with Crippen LogP contribution in [0.15, 0.2) is 11.6 Å². The molecule has 0 aromatic rings. The molecule has 0 spiro atoms. The van der Waals surface area contributed by atoms with Gasteiger partial charge in [-0.3, -0.25) is 0 Å². The quantitative estimate of drug-likeness (QED) is 0.535. The Morgan fingerprint density at radius 2 is 1.84 bits per heavy atom. The molecule has 2 radical (unpaired) electrons. The highest BCUT2D eigenvalue weighted by molar-refractivity contribution is 5.29. The van der Waals surface area contributed by atoms with E-state index in [9.17, 15) is 0 Å². The first-order valence-corrected chi connectivity index (χ1v) is 8.40. The molecule has 0 aliphatic heterocycles. The first-order chi connectivity index (χ1) is 9.06. The highest BCUT2D eigenvalue weighted by atomic mass is 14.4. The van der Waals surface area contributed by atoms with Gasteiger partial charge in [-0.1, -0.05) is 65.0 Å². The van der Waals surface area contributed by atoms with Gasteiger partial charge in [-0.2, -0.15) is 0 Å². The van der Waals surface area contributed by atoms with E-state index >= 15 is 0 Å².